The molecule has 0 aliphatic heterocycles. The molecule has 1 heterocycles. The number of para-hydroxylation sites is 2. The number of imidazole rings is 1. The summed E-state index contributed by atoms with van der Waals surface area (Å²) >= 11 is 0. The van der Waals surface area contributed by atoms with Gasteiger partial charge in [-0.1, -0.05) is 26.0 Å². The van der Waals surface area contributed by atoms with Gasteiger partial charge >= 0.3 is 0 Å². The van der Waals surface area contributed by atoms with Crippen LogP contribution in [0.3, 0.4) is 0 Å². The molecule has 3 N–H and O–H groups in total. The average molecular weight is 393 g/mol. The number of benzene rings is 2. The molecule has 2 aromatic carbocycles. The third-order valence-electron chi connectivity index (χ3n) is 4.55. The van der Waals surface area contributed by atoms with Gasteiger partial charge in [0.1, 0.15) is 5.82 Å². The normalized spacial score (nSPS) is 12.8. The van der Waals surface area contributed by atoms with Gasteiger partial charge in [0.15, 0.2) is 0 Å². The Morgan fingerprint density at radius 2 is 1.52 bits per heavy atom. The van der Waals surface area contributed by atoms with Crippen LogP contribution in [0.2, 0.25) is 0 Å². The average Bonchev–Trinajstić information content (AvgIpc) is 3.08. The predicted octanol–water partition coefficient (Wildman–Crippen LogP) is 4.22. The minimum atomic E-state index is -0.315. The zero-order valence-corrected chi connectivity index (χ0v) is 17.5. The molecule has 6 nitrogen and oxygen atoms in total. The van der Waals surface area contributed by atoms with Gasteiger partial charge in [-0.15, -0.1) is 0 Å². The van der Waals surface area contributed by atoms with E-state index in [9.17, 15) is 9.59 Å². The van der Waals surface area contributed by atoms with E-state index in [0.29, 0.717) is 11.1 Å². The Morgan fingerprint density at radius 1 is 0.931 bits per heavy atom. The Bertz CT molecular complexity index is 980. The molecule has 29 heavy (non-hydrogen) atoms. The number of carbonyl (C=O) groups excluding carboxylic acids is 2. The van der Waals surface area contributed by atoms with Gasteiger partial charge in [0.2, 0.25) is 0 Å². The summed E-state index contributed by atoms with van der Waals surface area (Å²) in [4.78, 5) is 33.0. The van der Waals surface area contributed by atoms with Crippen LogP contribution >= 0.6 is 0 Å². The first-order valence-corrected chi connectivity index (χ1v) is 9.82. The monoisotopic (exact) mass is 392 g/mol. The second kappa shape index (κ2) is 8.07. The predicted molar refractivity (Wildman–Crippen MR) is 115 cm³/mol. The number of nitrogens with one attached hydrogen (secondary N) is 3. The summed E-state index contributed by atoms with van der Waals surface area (Å²) in [6.45, 7) is 9.86. The van der Waals surface area contributed by atoms with E-state index in [1.54, 1.807) is 24.3 Å². The van der Waals surface area contributed by atoms with Crippen molar-refractivity contribution in [2.75, 3.05) is 0 Å². The van der Waals surface area contributed by atoms with Crippen LogP contribution in [-0.4, -0.2) is 27.3 Å². The number of fused-ring (bicyclic) bond motifs is 1. The fourth-order valence-electron chi connectivity index (χ4n) is 3.08. The lowest BCUT2D eigenvalue weighted by atomic mass is 10.0. The highest BCUT2D eigenvalue weighted by Gasteiger charge is 2.23. The largest absolute Gasteiger partial charge is 0.347 e. The van der Waals surface area contributed by atoms with Crippen molar-refractivity contribution >= 4 is 22.8 Å². The molecule has 0 radical (unpaired) electrons. The number of carbonyl (C=O) groups is 2. The van der Waals surface area contributed by atoms with E-state index < -0.39 is 0 Å². The number of amides is 2. The Balaban J connectivity index is 1.75. The van der Waals surface area contributed by atoms with Crippen molar-refractivity contribution in [3.63, 3.8) is 0 Å². The first-order chi connectivity index (χ1) is 13.6. The highest BCUT2D eigenvalue weighted by atomic mass is 16.2. The van der Waals surface area contributed by atoms with Crippen LogP contribution in [0.15, 0.2) is 48.5 Å². The molecule has 0 aliphatic rings. The fraction of sp³-hybridized carbons (Fsp3) is 0.348. The van der Waals surface area contributed by atoms with Crippen molar-refractivity contribution in [2.45, 2.75) is 46.2 Å². The van der Waals surface area contributed by atoms with Crippen molar-refractivity contribution in [1.82, 2.24) is 20.6 Å². The van der Waals surface area contributed by atoms with Crippen molar-refractivity contribution < 1.29 is 9.59 Å². The zero-order chi connectivity index (χ0) is 21.2. The molecule has 2 amide bonds. The van der Waals surface area contributed by atoms with E-state index in [1.807, 2.05) is 58.9 Å². The number of aromatic nitrogens is 2. The molecular weight excluding hydrogens is 364 g/mol. The number of nitrogens with zero attached hydrogens (tertiary/aromatic N) is 1. The number of hydrogen-bond acceptors (Lipinski definition) is 3. The highest BCUT2D eigenvalue weighted by molar-refractivity contribution is 5.98. The maximum Gasteiger partial charge on any atom is 0.251 e. The van der Waals surface area contributed by atoms with Crippen LogP contribution in [0, 0.1) is 5.92 Å². The third-order valence-corrected chi connectivity index (χ3v) is 4.55. The van der Waals surface area contributed by atoms with E-state index in [1.165, 1.54) is 0 Å². The van der Waals surface area contributed by atoms with Crippen LogP contribution in [0.4, 0.5) is 0 Å². The summed E-state index contributed by atoms with van der Waals surface area (Å²) in [5, 5.41) is 5.98. The molecule has 0 fully saturated rings. The molecule has 0 unspecified atom stereocenters. The Kier molecular flexibility index (Phi) is 5.73. The van der Waals surface area contributed by atoms with Crippen LogP contribution in [0.5, 0.6) is 0 Å². The molecule has 1 aromatic heterocycles. The topological polar surface area (TPSA) is 86.9 Å². The quantitative estimate of drug-likeness (QED) is 0.608. The maximum absolute atomic E-state index is 12.8. The van der Waals surface area contributed by atoms with E-state index >= 15 is 0 Å². The minimum Gasteiger partial charge on any atom is -0.347 e. The van der Waals surface area contributed by atoms with Crippen molar-refractivity contribution in [3.8, 4) is 0 Å². The Morgan fingerprint density at radius 3 is 2.07 bits per heavy atom. The van der Waals surface area contributed by atoms with Crippen molar-refractivity contribution in [3.05, 3.63) is 65.5 Å². The van der Waals surface area contributed by atoms with E-state index in [-0.39, 0.29) is 29.3 Å². The van der Waals surface area contributed by atoms with Crippen LogP contribution in [0.25, 0.3) is 11.0 Å². The van der Waals surface area contributed by atoms with Gasteiger partial charge in [-0.3, -0.25) is 9.59 Å². The van der Waals surface area contributed by atoms with Gasteiger partial charge in [-0.05, 0) is 63.1 Å². The van der Waals surface area contributed by atoms with Crippen LogP contribution in [0.1, 0.15) is 67.2 Å². The van der Waals surface area contributed by atoms with Gasteiger partial charge in [-0.25, -0.2) is 4.98 Å². The summed E-state index contributed by atoms with van der Waals surface area (Å²) in [5.74, 6) is 0.519. The summed E-state index contributed by atoms with van der Waals surface area (Å²) in [7, 11) is 0. The lowest BCUT2D eigenvalue weighted by Crippen LogP contribution is -2.40. The molecule has 3 rings (SSSR count). The number of H-pyrrole nitrogens is 1. The van der Waals surface area contributed by atoms with E-state index in [0.717, 1.165) is 16.9 Å². The molecule has 0 aliphatic carbocycles. The van der Waals surface area contributed by atoms with E-state index in [2.05, 4.69) is 20.6 Å². The van der Waals surface area contributed by atoms with Gasteiger partial charge in [0, 0.05) is 16.7 Å². The first kappa shape index (κ1) is 20.6. The fourth-order valence-corrected chi connectivity index (χ4v) is 3.08. The van der Waals surface area contributed by atoms with Gasteiger partial charge in [0.25, 0.3) is 11.8 Å². The summed E-state index contributed by atoms with van der Waals surface area (Å²) in [6.07, 6.45) is 0. The molecule has 0 bridgehead atoms. The highest BCUT2D eigenvalue weighted by Crippen LogP contribution is 2.22. The van der Waals surface area contributed by atoms with Crippen LogP contribution < -0.4 is 10.6 Å². The molecule has 6 heteroatoms. The number of aromatic amines is 1. The Hall–Kier alpha value is -3.15. The smallest absolute Gasteiger partial charge is 0.251 e. The minimum absolute atomic E-state index is 0.149. The molecule has 0 saturated carbocycles. The second-order valence-corrected chi connectivity index (χ2v) is 8.62. The van der Waals surface area contributed by atoms with Gasteiger partial charge in [-0.2, -0.15) is 0 Å². The SMILES string of the molecule is CC(C)[C@H](NC(=O)c1ccc(C(=O)NC(C)(C)C)cc1)c1nc2ccccc2[nH]1. The molecule has 152 valence electrons. The third kappa shape index (κ3) is 5.02. The van der Waals surface area contributed by atoms with Crippen LogP contribution in [-0.2, 0) is 0 Å². The maximum atomic E-state index is 12.8. The summed E-state index contributed by atoms with van der Waals surface area (Å²) < 4.78 is 0. The molecular formula is C23H28N4O2. The summed E-state index contributed by atoms with van der Waals surface area (Å²) in [6, 6.07) is 14.2. The van der Waals surface area contributed by atoms with E-state index in [4.69, 9.17) is 0 Å². The van der Waals surface area contributed by atoms with Crippen molar-refractivity contribution in [1.29, 1.82) is 0 Å². The first-order valence-electron chi connectivity index (χ1n) is 9.82. The summed E-state index contributed by atoms with van der Waals surface area (Å²) in [5.41, 5.74) is 2.52. The zero-order valence-electron chi connectivity index (χ0n) is 17.5. The molecule has 0 spiro atoms. The molecule has 3 aromatic rings. The van der Waals surface area contributed by atoms with Gasteiger partial charge < -0.3 is 15.6 Å². The standard InChI is InChI=1S/C23H28N4O2/c1-14(2)19(20-24-17-8-6-7-9-18(17)25-20)26-21(28)15-10-12-16(13-11-15)22(29)27-23(3,4)5/h6-14,19H,1-5H3,(H,24,25)(H,26,28)(H,27,29)/t19-/m0/s1. The lowest BCUT2D eigenvalue weighted by Gasteiger charge is -2.21. The van der Waals surface area contributed by atoms with Gasteiger partial charge in [0.05, 0.1) is 17.1 Å². The number of rotatable bonds is 5. The second-order valence-electron chi connectivity index (χ2n) is 8.62. The number of hydrogen-bond donors (Lipinski definition) is 3. The molecule has 0 saturated heterocycles. The Labute approximate surface area is 171 Å². The lowest BCUT2D eigenvalue weighted by molar-refractivity contribution is 0.0909. The molecule has 1 atom stereocenters. The van der Waals surface area contributed by atoms with Crippen molar-refractivity contribution in [2.24, 2.45) is 5.92 Å².